The van der Waals surface area contributed by atoms with E-state index in [1.165, 1.54) is 21.0 Å². The maximum absolute atomic E-state index is 13.8. The van der Waals surface area contributed by atoms with Crippen LogP contribution in [-0.2, 0) is 23.1 Å². The molecule has 0 N–H and O–H groups in total. The van der Waals surface area contributed by atoms with E-state index < -0.39 is 15.8 Å². The van der Waals surface area contributed by atoms with Gasteiger partial charge in [-0.1, -0.05) is 96.0 Å². The lowest BCUT2D eigenvalue weighted by atomic mass is 10.1. The largest absolute Gasteiger partial charge is 0.425 e. The molecule has 10 heteroatoms. The van der Waals surface area contributed by atoms with Crippen LogP contribution in [-0.4, -0.2) is 17.3 Å². The molecule has 5 aromatic rings. The predicted molar refractivity (Wildman–Crippen MR) is 157 cm³/mol. The van der Waals surface area contributed by atoms with Crippen LogP contribution in [0.25, 0.3) is 16.9 Å². The van der Waals surface area contributed by atoms with Crippen LogP contribution in [0.2, 0.25) is 10.0 Å². The lowest BCUT2D eigenvalue weighted by Crippen LogP contribution is -2.30. The van der Waals surface area contributed by atoms with Gasteiger partial charge in [-0.15, -0.1) is 0 Å². The van der Waals surface area contributed by atoms with Crippen molar-refractivity contribution in [3.05, 3.63) is 140 Å². The van der Waals surface area contributed by atoms with Crippen molar-refractivity contribution in [3.63, 3.8) is 0 Å². The van der Waals surface area contributed by atoms with Gasteiger partial charge in [-0.05, 0) is 57.4 Å². The number of oxazole rings is 1. The monoisotopic (exact) mass is 642 g/mol. The molecule has 0 aliphatic heterocycles. The van der Waals surface area contributed by atoms with E-state index in [0.29, 0.717) is 22.0 Å². The molecule has 0 radical (unpaired) electrons. The Bertz CT molecular complexity index is 1730. The van der Waals surface area contributed by atoms with E-state index in [1.54, 1.807) is 30.3 Å². The van der Waals surface area contributed by atoms with E-state index in [9.17, 15) is 13.2 Å². The first-order chi connectivity index (χ1) is 18.7. The van der Waals surface area contributed by atoms with Gasteiger partial charge in [0, 0.05) is 18.7 Å². The highest BCUT2D eigenvalue weighted by Gasteiger charge is 2.26. The molecule has 1 heterocycles. The summed E-state index contributed by atoms with van der Waals surface area (Å²) in [4.78, 5) is 12.8. The molecule has 39 heavy (non-hydrogen) atoms. The van der Waals surface area contributed by atoms with E-state index in [0.717, 1.165) is 11.1 Å². The molecule has 0 fully saturated rings. The normalized spacial score (nSPS) is 11.7. The lowest BCUT2D eigenvalue weighted by molar-refractivity contribution is 0.401. The summed E-state index contributed by atoms with van der Waals surface area (Å²) in [7, 11) is -3.88. The third-order valence-corrected chi connectivity index (χ3v) is 9.18. The van der Waals surface area contributed by atoms with Crippen molar-refractivity contribution in [2.75, 3.05) is 0 Å². The number of nitrogens with zero attached hydrogens (tertiary/aromatic N) is 2. The van der Waals surface area contributed by atoms with Gasteiger partial charge in [-0.25, -0.2) is 17.8 Å². The maximum atomic E-state index is 13.8. The molecule has 198 valence electrons. The standard InChI is InChI=1S/C29H21BrCl2N2O4S/c30-28-27(34(29(35)38-28)23-13-16-25(31)26(32)17-23)22-11-14-24(15-12-22)39(36,37)33(18-20-7-3-1-4-8-20)19-21-9-5-2-6-10-21/h1-17H,18-19H2. The second-order valence-electron chi connectivity index (χ2n) is 8.69. The molecule has 0 spiro atoms. The molecule has 0 unspecified atom stereocenters. The van der Waals surface area contributed by atoms with E-state index in [4.69, 9.17) is 27.6 Å². The zero-order valence-corrected chi connectivity index (χ0v) is 24.2. The topological polar surface area (TPSA) is 72.5 Å². The van der Waals surface area contributed by atoms with Crippen LogP contribution in [0, 0.1) is 0 Å². The number of rotatable bonds is 8. The van der Waals surface area contributed by atoms with Crippen LogP contribution < -0.4 is 5.76 Å². The fourth-order valence-electron chi connectivity index (χ4n) is 4.18. The van der Waals surface area contributed by atoms with Gasteiger partial charge in [0.15, 0.2) is 4.67 Å². The van der Waals surface area contributed by atoms with E-state index in [1.807, 2.05) is 60.7 Å². The van der Waals surface area contributed by atoms with Gasteiger partial charge >= 0.3 is 5.76 Å². The van der Waals surface area contributed by atoms with Gasteiger partial charge in [-0.2, -0.15) is 4.31 Å². The minimum Gasteiger partial charge on any atom is -0.400 e. The Kier molecular flexibility index (Phi) is 8.11. The molecule has 6 nitrogen and oxygen atoms in total. The van der Waals surface area contributed by atoms with E-state index in [2.05, 4.69) is 15.9 Å². The summed E-state index contributed by atoms with van der Waals surface area (Å²) in [6.07, 6.45) is 0. The van der Waals surface area contributed by atoms with Crippen LogP contribution >= 0.6 is 39.1 Å². The zero-order chi connectivity index (χ0) is 27.6. The molecule has 0 atom stereocenters. The smallest absolute Gasteiger partial charge is 0.400 e. The highest BCUT2D eigenvalue weighted by atomic mass is 79.9. The third-order valence-electron chi connectivity index (χ3n) is 6.10. The summed E-state index contributed by atoms with van der Waals surface area (Å²) in [5.74, 6) is -0.635. The molecule has 0 saturated carbocycles. The summed E-state index contributed by atoms with van der Waals surface area (Å²) in [6, 6.07) is 30.0. The average Bonchev–Trinajstić information content (AvgIpc) is 3.24. The van der Waals surface area contributed by atoms with Crippen LogP contribution in [0.3, 0.4) is 0 Å². The second kappa shape index (κ2) is 11.5. The number of benzene rings is 4. The van der Waals surface area contributed by atoms with Crippen molar-refractivity contribution >= 4 is 49.2 Å². The van der Waals surface area contributed by atoms with Crippen molar-refractivity contribution in [2.45, 2.75) is 18.0 Å². The molecule has 0 amide bonds. The Balaban J connectivity index is 1.52. The summed E-state index contributed by atoms with van der Waals surface area (Å²) in [6.45, 7) is 0.425. The Labute approximate surface area is 244 Å². The van der Waals surface area contributed by atoms with Gasteiger partial charge < -0.3 is 4.42 Å². The molecule has 0 aliphatic rings. The van der Waals surface area contributed by atoms with Crippen molar-refractivity contribution in [1.82, 2.24) is 8.87 Å². The quantitative estimate of drug-likeness (QED) is 0.175. The zero-order valence-electron chi connectivity index (χ0n) is 20.3. The first kappa shape index (κ1) is 27.4. The molecule has 0 aliphatic carbocycles. The second-order valence-corrected chi connectivity index (χ2v) is 12.2. The summed E-state index contributed by atoms with van der Waals surface area (Å²) in [5, 5.41) is 0.630. The number of sulfonamides is 1. The molecule has 0 bridgehead atoms. The van der Waals surface area contributed by atoms with Crippen molar-refractivity contribution in [3.8, 4) is 16.9 Å². The lowest BCUT2D eigenvalue weighted by Gasteiger charge is -2.23. The van der Waals surface area contributed by atoms with Crippen LogP contribution in [0.5, 0.6) is 0 Å². The number of aromatic nitrogens is 1. The van der Waals surface area contributed by atoms with Crippen LogP contribution in [0.1, 0.15) is 11.1 Å². The van der Waals surface area contributed by atoms with Gasteiger partial charge in [0.25, 0.3) is 0 Å². The maximum Gasteiger partial charge on any atom is 0.425 e. The molecule has 0 saturated heterocycles. The Hall–Kier alpha value is -3.14. The van der Waals surface area contributed by atoms with Crippen molar-refractivity contribution in [2.24, 2.45) is 0 Å². The summed E-state index contributed by atoms with van der Waals surface area (Å²) in [5.41, 5.74) is 3.18. The minimum atomic E-state index is -3.88. The highest BCUT2D eigenvalue weighted by molar-refractivity contribution is 9.10. The molecular formula is C29H21BrCl2N2O4S. The minimum absolute atomic E-state index is 0.126. The van der Waals surface area contributed by atoms with Gasteiger partial charge in [0.2, 0.25) is 10.0 Å². The van der Waals surface area contributed by atoms with Gasteiger partial charge in [0.1, 0.15) is 5.69 Å². The molecule has 1 aromatic heterocycles. The van der Waals surface area contributed by atoms with E-state index >= 15 is 0 Å². The fraction of sp³-hybridized carbons (Fsp3) is 0.0690. The van der Waals surface area contributed by atoms with Gasteiger partial charge in [-0.3, -0.25) is 0 Å². The van der Waals surface area contributed by atoms with Crippen LogP contribution in [0.15, 0.2) is 122 Å². The average molecular weight is 644 g/mol. The fourth-order valence-corrected chi connectivity index (χ4v) is 6.44. The number of hydrogen-bond donors (Lipinski definition) is 0. The number of hydrogen-bond acceptors (Lipinski definition) is 4. The van der Waals surface area contributed by atoms with E-state index in [-0.39, 0.29) is 27.7 Å². The van der Waals surface area contributed by atoms with Crippen molar-refractivity contribution < 1.29 is 12.8 Å². The van der Waals surface area contributed by atoms with Gasteiger partial charge in [0.05, 0.1) is 20.6 Å². The van der Waals surface area contributed by atoms with Crippen molar-refractivity contribution in [1.29, 1.82) is 0 Å². The predicted octanol–water partition coefficient (Wildman–Crippen LogP) is 7.56. The summed E-state index contributed by atoms with van der Waals surface area (Å²) >= 11 is 15.5. The highest BCUT2D eigenvalue weighted by Crippen LogP contribution is 2.33. The SMILES string of the molecule is O=c1oc(Br)c(-c2ccc(S(=O)(=O)N(Cc3ccccc3)Cc3ccccc3)cc2)n1-c1ccc(Cl)c(Cl)c1. The molecular weight excluding hydrogens is 623 g/mol. The Morgan fingerprint density at radius 1 is 0.769 bits per heavy atom. The summed E-state index contributed by atoms with van der Waals surface area (Å²) < 4.78 is 36.0. The third kappa shape index (κ3) is 5.90. The Morgan fingerprint density at radius 2 is 1.33 bits per heavy atom. The first-order valence-corrected chi connectivity index (χ1v) is 14.8. The molecule has 5 rings (SSSR count). The first-order valence-electron chi connectivity index (χ1n) is 11.8. The molecule has 4 aromatic carbocycles. The Morgan fingerprint density at radius 3 is 1.87 bits per heavy atom. The number of halogens is 3. The van der Waals surface area contributed by atoms with Crippen LogP contribution in [0.4, 0.5) is 0 Å².